The van der Waals surface area contributed by atoms with Gasteiger partial charge in [0.25, 0.3) is 0 Å². The first-order valence-electron chi connectivity index (χ1n) is 9.41. The summed E-state index contributed by atoms with van der Waals surface area (Å²) in [6, 6.07) is 5.63. The second-order valence-electron chi connectivity index (χ2n) is 8.40. The molecule has 26 heavy (non-hydrogen) atoms. The lowest BCUT2D eigenvalue weighted by atomic mass is 9.49. The highest BCUT2D eigenvalue weighted by Crippen LogP contribution is 2.60. The van der Waals surface area contributed by atoms with Gasteiger partial charge in [-0.25, -0.2) is 4.98 Å². The fraction of sp³-hybridized carbons (Fsp3) is 0.571. The van der Waals surface area contributed by atoms with Crippen LogP contribution < -0.4 is 0 Å². The van der Waals surface area contributed by atoms with Crippen LogP contribution in [0, 0.1) is 12.8 Å². The summed E-state index contributed by atoms with van der Waals surface area (Å²) in [4.78, 5) is 4.52. The van der Waals surface area contributed by atoms with E-state index in [9.17, 15) is 15.3 Å². The lowest BCUT2D eigenvalue weighted by Crippen LogP contribution is -2.62. The first-order chi connectivity index (χ1) is 12.2. The third-order valence-electron chi connectivity index (χ3n) is 6.87. The van der Waals surface area contributed by atoms with Crippen molar-refractivity contribution in [1.82, 2.24) is 4.98 Å². The van der Waals surface area contributed by atoms with Crippen molar-refractivity contribution < 1.29 is 15.3 Å². The molecule has 1 heterocycles. The average Bonchev–Trinajstić information content (AvgIpc) is 3.02. The highest BCUT2D eigenvalue weighted by molar-refractivity contribution is 7.09. The van der Waals surface area contributed by atoms with Crippen LogP contribution in [0.25, 0.3) is 0 Å². The lowest BCUT2D eigenvalue weighted by Gasteiger charge is -2.58. The first kappa shape index (κ1) is 18.0. The molecular formula is C21H27NO3S. The molecule has 0 bridgehead atoms. The summed E-state index contributed by atoms with van der Waals surface area (Å²) in [5.74, 6) is 0.574. The molecule has 0 amide bonds. The van der Waals surface area contributed by atoms with Gasteiger partial charge in [-0.15, -0.1) is 11.3 Å². The number of aromatic hydroxyl groups is 1. The summed E-state index contributed by atoms with van der Waals surface area (Å²) in [5, 5.41) is 35.5. The molecule has 2 aliphatic rings. The van der Waals surface area contributed by atoms with Gasteiger partial charge in [-0.3, -0.25) is 0 Å². The van der Waals surface area contributed by atoms with Crippen LogP contribution in [0.5, 0.6) is 5.75 Å². The molecule has 3 N–H and O–H groups in total. The predicted octanol–water partition coefficient (Wildman–Crippen LogP) is 3.80. The molecule has 4 nitrogen and oxygen atoms in total. The number of phenols is 1. The molecule has 0 aliphatic heterocycles. The highest BCUT2D eigenvalue weighted by Gasteiger charge is 2.61. The summed E-state index contributed by atoms with van der Waals surface area (Å²) in [7, 11) is 0. The number of hydrogen-bond acceptors (Lipinski definition) is 5. The molecule has 2 aliphatic carbocycles. The van der Waals surface area contributed by atoms with Gasteiger partial charge in [-0.1, -0.05) is 13.0 Å². The SMILES string of the molecule is CC[C@@]12C[C@](C)(O)[C@@](O)(c3nc(C)cs3)C[C@H]1CCc1cc(O)ccc12. The summed E-state index contributed by atoms with van der Waals surface area (Å²) in [5.41, 5.74) is 0.524. The zero-order valence-electron chi connectivity index (χ0n) is 15.6. The number of rotatable bonds is 2. The lowest BCUT2D eigenvalue weighted by molar-refractivity contribution is -0.205. The van der Waals surface area contributed by atoms with Crippen molar-refractivity contribution in [3.8, 4) is 5.75 Å². The summed E-state index contributed by atoms with van der Waals surface area (Å²) in [6.07, 6.45) is 3.76. The van der Waals surface area contributed by atoms with Gasteiger partial charge in [0.15, 0.2) is 0 Å². The summed E-state index contributed by atoms with van der Waals surface area (Å²) >= 11 is 1.44. The molecule has 1 aromatic carbocycles. The second kappa shape index (κ2) is 5.78. The Morgan fingerprint density at radius 3 is 2.73 bits per heavy atom. The van der Waals surface area contributed by atoms with E-state index in [1.807, 2.05) is 24.4 Å². The fourth-order valence-corrected chi connectivity index (χ4v) is 6.47. The van der Waals surface area contributed by atoms with Crippen LogP contribution in [0.3, 0.4) is 0 Å². The Balaban J connectivity index is 1.83. The monoisotopic (exact) mass is 373 g/mol. The third-order valence-corrected chi connectivity index (χ3v) is 7.98. The fourth-order valence-electron chi connectivity index (χ4n) is 5.44. The molecule has 1 aromatic heterocycles. The molecule has 0 spiro atoms. The molecule has 2 aromatic rings. The van der Waals surface area contributed by atoms with Gasteiger partial charge >= 0.3 is 0 Å². The smallest absolute Gasteiger partial charge is 0.144 e. The maximum absolute atomic E-state index is 11.6. The van der Waals surface area contributed by atoms with E-state index < -0.39 is 11.2 Å². The number of aliphatic hydroxyl groups is 2. The second-order valence-corrected chi connectivity index (χ2v) is 9.25. The molecule has 0 unspecified atom stereocenters. The molecule has 1 fully saturated rings. The largest absolute Gasteiger partial charge is 0.508 e. The standard InChI is InChI=1S/C21H27NO3S/c1-4-20-12-19(3,24)21(25,18-22-13(2)11-26-18)10-15(20)6-5-14-9-16(23)7-8-17(14)20/h7-9,11,15,23-25H,4-6,10,12H2,1-3H3/t15-,19+,20-,21+/m1/s1. The minimum atomic E-state index is -1.32. The van der Waals surface area contributed by atoms with Crippen molar-refractivity contribution in [2.24, 2.45) is 5.92 Å². The Hall–Kier alpha value is -1.43. The number of nitrogens with zero attached hydrogens (tertiary/aromatic N) is 1. The molecule has 5 heteroatoms. The Morgan fingerprint density at radius 2 is 2.08 bits per heavy atom. The van der Waals surface area contributed by atoms with E-state index in [0.717, 1.165) is 25.0 Å². The van der Waals surface area contributed by atoms with Crippen LogP contribution in [0.4, 0.5) is 0 Å². The van der Waals surface area contributed by atoms with Crippen molar-refractivity contribution in [1.29, 1.82) is 0 Å². The van der Waals surface area contributed by atoms with Crippen molar-refractivity contribution in [3.05, 3.63) is 45.4 Å². The number of benzene rings is 1. The van der Waals surface area contributed by atoms with E-state index in [0.29, 0.717) is 23.6 Å². The predicted molar refractivity (Wildman–Crippen MR) is 102 cm³/mol. The van der Waals surface area contributed by atoms with E-state index in [1.165, 1.54) is 22.5 Å². The molecule has 0 radical (unpaired) electrons. The quantitative estimate of drug-likeness (QED) is 0.749. The maximum Gasteiger partial charge on any atom is 0.144 e. The normalized spacial score (nSPS) is 36.4. The average molecular weight is 374 g/mol. The topological polar surface area (TPSA) is 73.6 Å². The number of hydrogen-bond donors (Lipinski definition) is 3. The van der Waals surface area contributed by atoms with E-state index in [2.05, 4.69) is 11.9 Å². The van der Waals surface area contributed by atoms with Gasteiger partial charge in [-0.05, 0) is 75.1 Å². The summed E-state index contributed by atoms with van der Waals surface area (Å²) < 4.78 is 0. The summed E-state index contributed by atoms with van der Waals surface area (Å²) in [6.45, 7) is 5.84. The van der Waals surface area contributed by atoms with Crippen LogP contribution in [-0.2, 0) is 17.4 Å². The Bertz CT molecular complexity index is 846. The van der Waals surface area contributed by atoms with E-state index in [-0.39, 0.29) is 11.3 Å². The van der Waals surface area contributed by atoms with Crippen molar-refractivity contribution >= 4 is 11.3 Å². The minimum Gasteiger partial charge on any atom is -0.508 e. The van der Waals surface area contributed by atoms with Crippen LogP contribution in [0.1, 0.15) is 61.4 Å². The number of fused-ring (bicyclic) bond motifs is 3. The molecular weight excluding hydrogens is 346 g/mol. The molecule has 4 atom stereocenters. The van der Waals surface area contributed by atoms with Crippen molar-refractivity contribution in [2.45, 2.75) is 69.5 Å². The highest BCUT2D eigenvalue weighted by atomic mass is 32.1. The van der Waals surface area contributed by atoms with Crippen LogP contribution in [-0.4, -0.2) is 25.9 Å². The zero-order chi connectivity index (χ0) is 18.7. The van der Waals surface area contributed by atoms with E-state index >= 15 is 0 Å². The zero-order valence-corrected chi connectivity index (χ0v) is 16.4. The van der Waals surface area contributed by atoms with Gasteiger partial charge in [-0.2, -0.15) is 0 Å². The van der Waals surface area contributed by atoms with Gasteiger partial charge in [0.05, 0.1) is 5.60 Å². The van der Waals surface area contributed by atoms with Crippen LogP contribution in [0.2, 0.25) is 0 Å². The minimum absolute atomic E-state index is 0.177. The number of thiazole rings is 1. The van der Waals surface area contributed by atoms with E-state index in [1.54, 1.807) is 13.0 Å². The maximum atomic E-state index is 11.6. The van der Waals surface area contributed by atoms with Gasteiger partial charge in [0.2, 0.25) is 0 Å². The molecule has 140 valence electrons. The van der Waals surface area contributed by atoms with Crippen molar-refractivity contribution in [2.75, 3.05) is 0 Å². The number of aromatic nitrogens is 1. The molecule has 1 saturated carbocycles. The molecule has 4 rings (SSSR count). The van der Waals surface area contributed by atoms with E-state index in [4.69, 9.17) is 0 Å². The van der Waals surface area contributed by atoms with Gasteiger partial charge in [0.1, 0.15) is 16.4 Å². The first-order valence-corrected chi connectivity index (χ1v) is 10.3. The van der Waals surface area contributed by atoms with Crippen LogP contribution in [0.15, 0.2) is 23.6 Å². The van der Waals surface area contributed by atoms with Crippen molar-refractivity contribution in [3.63, 3.8) is 0 Å². The van der Waals surface area contributed by atoms with Gasteiger partial charge in [0, 0.05) is 16.5 Å². The number of phenolic OH excluding ortho intramolecular Hbond substituents is 1. The van der Waals surface area contributed by atoms with Gasteiger partial charge < -0.3 is 15.3 Å². The third kappa shape index (κ3) is 2.37. The molecule has 0 saturated heterocycles. The Kier molecular flexibility index (Phi) is 3.99. The van der Waals surface area contributed by atoms with Crippen LogP contribution >= 0.6 is 11.3 Å². The Labute approximate surface area is 158 Å². The Morgan fingerprint density at radius 1 is 1.31 bits per heavy atom. The number of aryl methyl sites for hydroxylation is 2.